The number of fused-ring (bicyclic) bond motifs is 4. The molecule has 1 N–H and O–H groups in total. The second kappa shape index (κ2) is 14.4. The molecular weight excluding hydrogens is 676 g/mol. The minimum atomic E-state index is -4.19. The Morgan fingerprint density at radius 3 is 2.68 bits per heavy atom. The molecule has 2 aromatic carbocycles. The van der Waals surface area contributed by atoms with E-state index >= 15 is 0 Å². The molecule has 2 bridgehead atoms. The van der Waals surface area contributed by atoms with Crippen molar-refractivity contribution in [3.63, 3.8) is 0 Å². The Bertz CT molecular complexity index is 1710. The van der Waals surface area contributed by atoms with Crippen LogP contribution in [0.3, 0.4) is 0 Å². The lowest BCUT2D eigenvalue weighted by Crippen LogP contribution is -2.50. The highest BCUT2D eigenvalue weighted by Gasteiger charge is 2.45. The summed E-state index contributed by atoms with van der Waals surface area (Å²) in [5, 5.41) is 0.734. The number of benzene rings is 2. The number of amides is 1. The zero-order chi connectivity index (χ0) is 35.1. The largest absolute Gasteiger partial charge is 0.490 e. The summed E-state index contributed by atoms with van der Waals surface area (Å²) >= 11 is 6.46. The van der Waals surface area contributed by atoms with Crippen LogP contribution in [0.5, 0.6) is 5.75 Å². The molecule has 3 heterocycles. The summed E-state index contributed by atoms with van der Waals surface area (Å²) in [7, 11) is -2.03. The fraction of sp³-hybridized carbons (Fsp3) is 0.605. The summed E-state index contributed by atoms with van der Waals surface area (Å²) in [5.41, 5.74) is 1.58. The molecule has 3 aliphatic heterocycles. The van der Waals surface area contributed by atoms with Crippen molar-refractivity contribution in [3.05, 3.63) is 64.7 Å². The van der Waals surface area contributed by atoms with Crippen LogP contribution in [0.1, 0.15) is 50.7 Å². The Labute approximate surface area is 302 Å². The fourth-order valence-electron chi connectivity index (χ4n) is 8.32. The lowest BCUT2D eigenvalue weighted by atomic mass is 9.68. The molecule has 10 nitrogen and oxygen atoms in total. The molecule has 2 fully saturated rings. The second-order valence-electron chi connectivity index (χ2n) is 15.4. The Morgan fingerprint density at radius 2 is 1.90 bits per heavy atom. The molecule has 1 spiro atoms. The first-order valence-electron chi connectivity index (χ1n) is 18.1. The van der Waals surface area contributed by atoms with Crippen molar-refractivity contribution in [2.75, 3.05) is 77.6 Å². The van der Waals surface area contributed by atoms with E-state index in [1.807, 2.05) is 12.1 Å². The van der Waals surface area contributed by atoms with Crippen LogP contribution >= 0.6 is 11.6 Å². The monoisotopic (exact) mass is 726 g/mol. The van der Waals surface area contributed by atoms with Crippen LogP contribution < -0.4 is 14.4 Å². The van der Waals surface area contributed by atoms with Gasteiger partial charge in [-0.05, 0) is 106 Å². The zero-order valence-corrected chi connectivity index (χ0v) is 31.1. The number of hydrogen-bond donors (Lipinski definition) is 1. The minimum absolute atomic E-state index is 0.0167. The fourth-order valence-corrected chi connectivity index (χ4v) is 9.64. The number of carbonyl (C=O) groups is 1. The molecule has 1 saturated heterocycles. The van der Waals surface area contributed by atoms with Crippen LogP contribution in [-0.4, -0.2) is 109 Å². The van der Waals surface area contributed by atoms with Crippen molar-refractivity contribution in [1.29, 1.82) is 0 Å². The maximum absolute atomic E-state index is 13.7. The summed E-state index contributed by atoms with van der Waals surface area (Å²) in [5.74, 6) is 0.538. The Balaban J connectivity index is 1.22. The minimum Gasteiger partial charge on any atom is -0.490 e. The molecule has 1 saturated carbocycles. The number of nitrogens with zero attached hydrogens (tertiary/aromatic N) is 3. The number of aryl methyl sites for hydroxylation is 1. The highest BCUT2D eigenvalue weighted by atomic mass is 35.5. The first kappa shape index (κ1) is 35.7. The standard InChI is InChI=1S/C38H51ClN4O6S/c1-37(2)36(44)40-50(45,46)30-10-13-35-33(23-30)43(25-38(26-48-35)14-4-6-27-22-29(39)9-12-32(27)38)24-28-8-11-31(28)34(7-5-20-49-37)47-21-19-42-17-15-41(3)16-18-42/h5,7,9-10,12-13,22-23,28,31,34H,4,6,8,11,14-21,24-26H2,1-3H3,(H,40,44)/b7-5-/t28-,31+,34-,38-/m0/s1. The molecule has 2 aromatic rings. The summed E-state index contributed by atoms with van der Waals surface area (Å²) < 4.78 is 48.8. The third-order valence-electron chi connectivity index (χ3n) is 11.6. The van der Waals surface area contributed by atoms with Gasteiger partial charge in [-0.25, -0.2) is 13.1 Å². The molecule has 7 rings (SSSR count). The number of ether oxygens (including phenoxy) is 3. The maximum atomic E-state index is 13.7. The van der Waals surface area contributed by atoms with E-state index in [0.717, 1.165) is 82.1 Å². The summed E-state index contributed by atoms with van der Waals surface area (Å²) in [6, 6.07) is 11.1. The van der Waals surface area contributed by atoms with Crippen LogP contribution in [0.2, 0.25) is 5.02 Å². The van der Waals surface area contributed by atoms with Gasteiger partial charge in [0.05, 0.1) is 36.5 Å². The lowest BCUT2D eigenvalue weighted by molar-refractivity contribution is -0.139. The van der Waals surface area contributed by atoms with Crippen molar-refractivity contribution < 1.29 is 27.4 Å². The molecule has 12 heteroatoms. The van der Waals surface area contributed by atoms with E-state index in [-0.39, 0.29) is 28.9 Å². The second-order valence-corrected chi connectivity index (χ2v) is 17.5. The third kappa shape index (κ3) is 7.45. The van der Waals surface area contributed by atoms with E-state index in [1.165, 1.54) is 17.2 Å². The normalized spacial score (nSPS) is 30.6. The number of rotatable bonds is 4. The highest BCUT2D eigenvalue weighted by Crippen LogP contribution is 2.47. The molecule has 272 valence electrons. The maximum Gasteiger partial charge on any atom is 0.265 e. The van der Waals surface area contributed by atoms with Gasteiger partial charge in [0, 0.05) is 56.3 Å². The van der Waals surface area contributed by atoms with Gasteiger partial charge in [0.2, 0.25) is 0 Å². The van der Waals surface area contributed by atoms with Gasteiger partial charge in [-0.15, -0.1) is 0 Å². The Morgan fingerprint density at radius 1 is 1.08 bits per heavy atom. The van der Waals surface area contributed by atoms with Gasteiger partial charge in [0.1, 0.15) is 11.4 Å². The molecule has 1 amide bonds. The number of sulfonamides is 1. The highest BCUT2D eigenvalue weighted by molar-refractivity contribution is 7.90. The van der Waals surface area contributed by atoms with Crippen molar-refractivity contribution in [2.45, 2.75) is 68.0 Å². The Hall–Kier alpha value is -2.67. The molecule has 0 radical (unpaired) electrons. The number of piperazine rings is 1. The molecule has 50 heavy (non-hydrogen) atoms. The van der Waals surface area contributed by atoms with Gasteiger partial charge in [-0.3, -0.25) is 9.69 Å². The number of nitrogens with one attached hydrogen (secondary N) is 1. The number of anilines is 1. The lowest BCUT2D eigenvalue weighted by Gasteiger charge is -2.46. The quantitative estimate of drug-likeness (QED) is 0.452. The molecule has 0 unspecified atom stereocenters. The van der Waals surface area contributed by atoms with Gasteiger partial charge in [0.25, 0.3) is 15.9 Å². The molecule has 4 atom stereocenters. The van der Waals surface area contributed by atoms with Crippen molar-refractivity contribution in [1.82, 2.24) is 14.5 Å². The molecule has 0 aromatic heterocycles. The van der Waals surface area contributed by atoms with Crippen molar-refractivity contribution in [2.24, 2.45) is 11.8 Å². The van der Waals surface area contributed by atoms with Crippen LogP contribution in [0.25, 0.3) is 0 Å². The smallest absolute Gasteiger partial charge is 0.265 e. The first-order valence-corrected chi connectivity index (χ1v) is 20.0. The van der Waals surface area contributed by atoms with E-state index in [9.17, 15) is 13.2 Å². The topological polar surface area (TPSA) is 101 Å². The van der Waals surface area contributed by atoms with Crippen molar-refractivity contribution in [3.8, 4) is 5.75 Å². The molecule has 5 aliphatic rings. The number of likely N-dealkylation sites (N-methyl/N-ethyl adjacent to an activating group) is 1. The van der Waals surface area contributed by atoms with Crippen LogP contribution in [0.15, 0.2) is 53.4 Å². The molecular formula is C38H51ClN4O6S. The van der Waals surface area contributed by atoms with E-state index in [2.05, 4.69) is 44.7 Å². The predicted octanol–water partition coefficient (Wildman–Crippen LogP) is 4.64. The number of hydrogen-bond acceptors (Lipinski definition) is 9. The third-order valence-corrected chi connectivity index (χ3v) is 13.2. The predicted molar refractivity (Wildman–Crippen MR) is 195 cm³/mol. The molecule has 2 aliphatic carbocycles. The summed E-state index contributed by atoms with van der Waals surface area (Å²) in [6.45, 7) is 11.0. The summed E-state index contributed by atoms with van der Waals surface area (Å²) in [4.78, 5) is 20.5. The van der Waals surface area contributed by atoms with Crippen LogP contribution in [-0.2, 0) is 36.1 Å². The van der Waals surface area contributed by atoms with Gasteiger partial charge in [0.15, 0.2) is 0 Å². The van der Waals surface area contributed by atoms with Crippen LogP contribution in [0, 0.1) is 11.8 Å². The summed E-state index contributed by atoms with van der Waals surface area (Å²) in [6.07, 6.45) is 8.96. The van der Waals surface area contributed by atoms with Crippen molar-refractivity contribution >= 4 is 33.2 Å². The zero-order valence-electron chi connectivity index (χ0n) is 29.5. The SMILES string of the molecule is CN1CCN(CCO[C@H]2/C=C\COC(C)(C)C(=O)NS(=O)(=O)c3ccc4c(c3)N(C[C@@H]3CC[C@H]32)C[C@@]2(CCCc3cc(Cl)ccc32)CO4)CC1. The number of halogens is 1. The van der Waals surface area contributed by atoms with E-state index in [1.54, 1.807) is 26.0 Å². The van der Waals surface area contributed by atoms with Gasteiger partial charge < -0.3 is 24.0 Å². The van der Waals surface area contributed by atoms with Gasteiger partial charge in [-0.2, -0.15) is 0 Å². The van der Waals surface area contributed by atoms with Gasteiger partial charge >= 0.3 is 0 Å². The van der Waals surface area contributed by atoms with Crippen LogP contribution in [0.4, 0.5) is 5.69 Å². The Kier molecular flexibility index (Phi) is 10.3. The first-order chi connectivity index (χ1) is 23.9. The van der Waals surface area contributed by atoms with E-state index in [4.69, 9.17) is 25.8 Å². The van der Waals surface area contributed by atoms with E-state index < -0.39 is 21.5 Å². The van der Waals surface area contributed by atoms with E-state index in [0.29, 0.717) is 31.4 Å². The average molecular weight is 727 g/mol. The van der Waals surface area contributed by atoms with Gasteiger partial charge in [-0.1, -0.05) is 29.8 Å². The number of carbonyl (C=O) groups excluding carboxylic acids is 1. The average Bonchev–Trinajstić information content (AvgIpc) is 3.22.